The lowest BCUT2D eigenvalue weighted by Crippen LogP contribution is -2.29. The van der Waals surface area contributed by atoms with E-state index in [4.69, 9.17) is 0 Å². The summed E-state index contributed by atoms with van der Waals surface area (Å²) in [6, 6.07) is 14.5. The Kier molecular flexibility index (Phi) is 6.97. The number of rotatable bonds is 10. The largest absolute Gasteiger partial charge is 0.324 e. The van der Waals surface area contributed by atoms with Crippen molar-refractivity contribution in [3.05, 3.63) is 67.1 Å². The second-order valence-electron chi connectivity index (χ2n) is 7.85. The van der Waals surface area contributed by atoms with Gasteiger partial charge < -0.3 is 10.6 Å². The number of imidazole rings is 1. The fraction of sp³-hybridized carbons (Fsp3) is 0.261. The molecule has 10 heteroatoms. The zero-order chi connectivity index (χ0) is 23.3. The second kappa shape index (κ2) is 10.1. The molecule has 9 nitrogen and oxygen atoms in total. The third-order valence-corrected chi connectivity index (χ3v) is 6.43. The lowest BCUT2D eigenvalue weighted by atomic mass is 10.3. The van der Waals surface area contributed by atoms with E-state index < -0.39 is 10.0 Å². The Hall–Kier alpha value is -3.34. The topological polar surface area (TPSA) is 113 Å². The van der Waals surface area contributed by atoms with Crippen LogP contribution >= 0.6 is 0 Å². The highest BCUT2D eigenvalue weighted by Crippen LogP contribution is 2.21. The van der Waals surface area contributed by atoms with Gasteiger partial charge in [0.05, 0.1) is 22.5 Å². The molecule has 3 heterocycles. The maximum absolute atomic E-state index is 12.5. The zero-order valence-electron chi connectivity index (χ0n) is 18.6. The van der Waals surface area contributed by atoms with E-state index in [1.807, 2.05) is 34.9 Å². The standard InChI is InChI=1S/C23H27N7O2S/c1-17(2)24-12-5-13-27-33(31,32)19-9-7-18(8-10-19)28-23-25-14-11-20(29-23)21-16-26-22-6-3-4-15-30(21)22/h3-4,6-11,14-17,24,27H,5,12-13H2,1-2H3,(H,25,28,29). The minimum absolute atomic E-state index is 0.213. The average molecular weight is 466 g/mol. The van der Waals surface area contributed by atoms with Crippen LogP contribution < -0.4 is 15.4 Å². The predicted molar refractivity (Wildman–Crippen MR) is 129 cm³/mol. The highest BCUT2D eigenvalue weighted by atomic mass is 32.2. The van der Waals surface area contributed by atoms with Crippen LogP contribution in [0.2, 0.25) is 0 Å². The first kappa shape index (κ1) is 22.8. The fourth-order valence-electron chi connectivity index (χ4n) is 3.30. The molecule has 0 bridgehead atoms. The summed E-state index contributed by atoms with van der Waals surface area (Å²) in [6.07, 6.45) is 6.09. The normalized spacial score (nSPS) is 11.8. The highest BCUT2D eigenvalue weighted by Gasteiger charge is 2.13. The Balaban J connectivity index is 1.41. The van der Waals surface area contributed by atoms with Crippen LogP contribution in [0, 0.1) is 0 Å². The van der Waals surface area contributed by atoms with Gasteiger partial charge >= 0.3 is 0 Å². The summed E-state index contributed by atoms with van der Waals surface area (Å²) in [6.45, 7) is 5.25. The number of nitrogens with zero attached hydrogens (tertiary/aromatic N) is 4. The quantitative estimate of drug-likeness (QED) is 0.308. The molecule has 0 radical (unpaired) electrons. The minimum Gasteiger partial charge on any atom is -0.324 e. The lowest BCUT2D eigenvalue weighted by molar-refractivity contribution is 0.554. The number of hydrogen-bond donors (Lipinski definition) is 3. The van der Waals surface area contributed by atoms with Gasteiger partial charge in [-0.3, -0.25) is 4.40 Å². The van der Waals surface area contributed by atoms with E-state index in [0.717, 1.165) is 30.0 Å². The molecule has 0 spiro atoms. The molecule has 33 heavy (non-hydrogen) atoms. The summed E-state index contributed by atoms with van der Waals surface area (Å²) < 4.78 is 29.6. The minimum atomic E-state index is -3.55. The van der Waals surface area contributed by atoms with E-state index in [1.54, 1.807) is 36.7 Å². The molecule has 0 saturated heterocycles. The third-order valence-electron chi connectivity index (χ3n) is 4.95. The van der Waals surface area contributed by atoms with Gasteiger partial charge in [-0.15, -0.1) is 0 Å². The molecule has 4 rings (SSSR count). The van der Waals surface area contributed by atoms with E-state index in [-0.39, 0.29) is 4.90 Å². The Morgan fingerprint density at radius 1 is 1.00 bits per heavy atom. The zero-order valence-corrected chi connectivity index (χ0v) is 19.4. The summed E-state index contributed by atoms with van der Waals surface area (Å²) in [5.41, 5.74) is 3.10. The van der Waals surface area contributed by atoms with Crippen molar-refractivity contribution in [2.24, 2.45) is 0 Å². The van der Waals surface area contributed by atoms with Crippen LogP contribution in [-0.2, 0) is 10.0 Å². The van der Waals surface area contributed by atoms with Gasteiger partial charge in [0.2, 0.25) is 16.0 Å². The summed E-state index contributed by atoms with van der Waals surface area (Å²) in [7, 11) is -3.55. The Labute approximate surface area is 193 Å². The number of aromatic nitrogens is 4. The first-order valence-electron chi connectivity index (χ1n) is 10.8. The molecule has 4 aromatic rings. The molecule has 0 unspecified atom stereocenters. The first-order valence-corrected chi connectivity index (χ1v) is 12.3. The van der Waals surface area contributed by atoms with Gasteiger partial charge in [0.15, 0.2) is 0 Å². The smallest absolute Gasteiger partial charge is 0.240 e. The number of fused-ring (bicyclic) bond motifs is 1. The maximum Gasteiger partial charge on any atom is 0.240 e. The van der Waals surface area contributed by atoms with Crippen LogP contribution in [0.3, 0.4) is 0 Å². The van der Waals surface area contributed by atoms with E-state index in [9.17, 15) is 8.42 Å². The third kappa shape index (κ3) is 5.72. The SMILES string of the molecule is CC(C)NCCCNS(=O)(=O)c1ccc(Nc2nccc(-c3cnc4ccccn34)n2)cc1. The van der Waals surface area contributed by atoms with E-state index in [1.165, 1.54) is 0 Å². The monoisotopic (exact) mass is 465 g/mol. The summed E-state index contributed by atoms with van der Waals surface area (Å²) >= 11 is 0. The molecule has 172 valence electrons. The molecule has 0 aliphatic heterocycles. The molecule has 0 atom stereocenters. The van der Waals surface area contributed by atoms with Gasteiger partial charge in [0.25, 0.3) is 0 Å². The molecule has 0 fully saturated rings. The summed E-state index contributed by atoms with van der Waals surface area (Å²) in [4.78, 5) is 13.5. The number of nitrogens with one attached hydrogen (secondary N) is 3. The second-order valence-corrected chi connectivity index (χ2v) is 9.61. The maximum atomic E-state index is 12.5. The molecule has 0 amide bonds. The number of sulfonamides is 1. The number of hydrogen-bond acceptors (Lipinski definition) is 7. The lowest BCUT2D eigenvalue weighted by Gasteiger charge is -2.10. The van der Waals surface area contributed by atoms with Crippen molar-refractivity contribution in [2.45, 2.75) is 31.2 Å². The molecule has 0 aliphatic rings. The number of benzene rings is 1. The molecule has 0 aliphatic carbocycles. The first-order chi connectivity index (χ1) is 15.9. The van der Waals surface area contributed by atoms with Crippen LogP contribution in [0.5, 0.6) is 0 Å². The summed E-state index contributed by atoms with van der Waals surface area (Å²) in [5.74, 6) is 0.407. The Bertz CT molecular complexity index is 1320. The van der Waals surface area contributed by atoms with Crippen LogP contribution in [0.25, 0.3) is 17.0 Å². The molecule has 3 aromatic heterocycles. The van der Waals surface area contributed by atoms with Gasteiger partial charge in [-0.25, -0.2) is 28.1 Å². The van der Waals surface area contributed by atoms with Crippen molar-refractivity contribution in [2.75, 3.05) is 18.4 Å². The van der Waals surface area contributed by atoms with Crippen LogP contribution in [-0.4, -0.2) is 46.9 Å². The highest BCUT2D eigenvalue weighted by molar-refractivity contribution is 7.89. The van der Waals surface area contributed by atoms with Crippen molar-refractivity contribution in [1.82, 2.24) is 29.4 Å². The van der Waals surface area contributed by atoms with Crippen molar-refractivity contribution in [3.63, 3.8) is 0 Å². The van der Waals surface area contributed by atoms with Crippen molar-refractivity contribution in [3.8, 4) is 11.4 Å². The number of pyridine rings is 1. The van der Waals surface area contributed by atoms with Crippen LogP contribution in [0.1, 0.15) is 20.3 Å². The molecular weight excluding hydrogens is 438 g/mol. The van der Waals surface area contributed by atoms with Crippen molar-refractivity contribution >= 4 is 27.3 Å². The average Bonchev–Trinajstić information content (AvgIpc) is 3.23. The van der Waals surface area contributed by atoms with Crippen LogP contribution in [0.4, 0.5) is 11.6 Å². The molecule has 3 N–H and O–H groups in total. The Morgan fingerprint density at radius 3 is 2.61 bits per heavy atom. The van der Waals surface area contributed by atoms with Crippen molar-refractivity contribution < 1.29 is 8.42 Å². The van der Waals surface area contributed by atoms with Gasteiger partial charge in [0.1, 0.15) is 5.65 Å². The molecular formula is C23H27N7O2S. The van der Waals surface area contributed by atoms with E-state index >= 15 is 0 Å². The fourth-order valence-corrected chi connectivity index (χ4v) is 4.37. The van der Waals surface area contributed by atoms with Gasteiger partial charge in [-0.05, 0) is 55.4 Å². The van der Waals surface area contributed by atoms with Gasteiger partial charge in [-0.1, -0.05) is 19.9 Å². The number of anilines is 2. The van der Waals surface area contributed by atoms with E-state index in [2.05, 4.69) is 44.2 Å². The van der Waals surface area contributed by atoms with E-state index in [0.29, 0.717) is 24.2 Å². The van der Waals surface area contributed by atoms with Gasteiger partial charge in [0, 0.05) is 30.7 Å². The predicted octanol–water partition coefficient (Wildman–Crippen LogP) is 3.20. The Morgan fingerprint density at radius 2 is 1.82 bits per heavy atom. The molecule has 0 saturated carbocycles. The summed E-state index contributed by atoms with van der Waals surface area (Å²) in [5, 5.41) is 6.39. The van der Waals surface area contributed by atoms with Gasteiger partial charge in [-0.2, -0.15) is 0 Å². The van der Waals surface area contributed by atoms with Crippen molar-refractivity contribution in [1.29, 1.82) is 0 Å². The van der Waals surface area contributed by atoms with Crippen LogP contribution in [0.15, 0.2) is 72.0 Å². The molecule has 1 aromatic carbocycles.